The maximum absolute atomic E-state index is 12.0. The van der Waals surface area contributed by atoms with Crippen LogP contribution in [0.4, 0.5) is 17.1 Å². The van der Waals surface area contributed by atoms with Crippen molar-refractivity contribution < 1.29 is 8.42 Å². The lowest BCUT2D eigenvalue weighted by molar-refractivity contribution is 0.598. The molecule has 0 bridgehead atoms. The van der Waals surface area contributed by atoms with Gasteiger partial charge < -0.3 is 5.73 Å². The maximum Gasteiger partial charge on any atom is 0.238 e. The number of sulfonamides is 1. The van der Waals surface area contributed by atoms with E-state index in [9.17, 15) is 8.42 Å². The van der Waals surface area contributed by atoms with Gasteiger partial charge in [-0.25, -0.2) is 13.6 Å². The van der Waals surface area contributed by atoms with E-state index in [4.69, 9.17) is 10.9 Å². The third-order valence-electron chi connectivity index (χ3n) is 4.42. The minimum absolute atomic E-state index is 0.0474. The Hall–Kier alpha value is -3.62. The predicted molar refractivity (Wildman–Crippen MR) is 114 cm³/mol. The molecule has 0 saturated heterocycles. The van der Waals surface area contributed by atoms with Crippen LogP contribution in [0.1, 0.15) is 0 Å². The Balaban J connectivity index is 1.72. The molecule has 4 aromatic rings. The van der Waals surface area contributed by atoms with Gasteiger partial charge in [0.15, 0.2) is 0 Å². The molecule has 29 heavy (non-hydrogen) atoms. The van der Waals surface area contributed by atoms with Crippen LogP contribution in [-0.4, -0.2) is 13.4 Å². The summed E-state index contributed by atoms with van der Waals surface area (Å²) < 4.78 is 24.0. The molecule has 0 spiro atoms. The lowest BCUT2D eigenvalue weighted by atomic mass is 10.1. The Morgan fingerprint density at radius 1 is 0.828 bits per heavy atom. The van der Waals surface area contributed by atoms with E-state index in [0.29, 0.717) is 22.1 Å². The quantitative estimate of drug-likeness (QED) is 0.383. The summed E-state index contributed by atoms with van der Waals surface area (Å²) in [5.74, 6) is 0. The van der Waals surface area contributed by atoms with Gasteiger partial charge in [-0.15, -0.1) is 10.2 Å². The minimum Gasteiger partial charge on any atom is -0.396 e. The molecule has 0 aliphatic carbocycles. The largest absolute Gasteiger partial charge is 0.396 e. The molecule has 0 fully saturated rings. The first-order valence-corrected chi connectivity index (χ1v) is 10.3. The van der Waals surface area contributed by atoms with E-state index in [1.54, 1.807) is 36.5 Å². The van der Waals surface area contributed by atoms with Crippen molar-refractivity contribution in [3.8, 4) is 11.3 Å². The van der Waals surface area contributed by atoms with Crippen LogP contribution in [0.3, 0.4) is 0 Å². The average molecular weight is 403 g/mol. The summed E-state index contributed by atoms with van der Waals surface area (Å²) in [6, 6.07) is 21.6. The van der Waals surface area contributed by atoms with Crippen LogP contribution < -0.4 is 10.9 Å². The molecule has 7 nitrogen and oxygen atoms in total. The Morgan fingerprint density at radius 2 is 1.52 bits per heavy atom. The van der Waals surface area contributed by atoms with Crippen molar-refractivity contribution in [1.29, 1.82) is 0 Å². The predicted octanol–water partition coefficient (Wildman–Crippen LogP) is 4.55. The topological polar surface area (TPSA) is 124 Å². The third kappa shape index (κ3) is 3.84. The van der Waals surface area contributed by atoms with Gasteiger partial charge in [0.25, 0.3) is 0 Å². The van der Waals surface area contributed by atoms with E-state index in [-0.39, 0.29) is 10.6 Å². The van der Waals surface area contributed by atoms with Gasteiger partial charge in [0.05, 0.1) is 22.5 Å². The van der Waals surface area contributed by atoms with E-state index in [1.807, 2.05) is 36.4 Å². The molecule has 0 aliphatic heterocycles. The van der Waals surface area contributed by atoms with Crippen LogP contribution >= 0.6 is 0 Å². The zero-order valence-electron chi connectivity index (χ0n) is 15.2. The van der Waals surface area contributed by atoms with Crippen LogP contribution in [0.5, 0.6) is 0 Å². The van der Waals surface area contributed by atoms with Gasteiger partial charge >= 0.3 is 0 Å². The highest BCUT2D eigenvalue weighted by Gasteiger charge is 2.17. The molecule has 0 saturated carbocycles. The van der Waals surface area contributed by atoms with E-state index in [2.05, 4.69) is 15.2 Å². The number of pyridine rings is 1. The summed E-state index contributed by atoms with van der Waals surface area (Å²) in [5.41, 5.74) is 9.05. The van der Waals surface area contributed by atoms with Gasteiger partial charge in [0.1, 0.15) is 11.4 Å². The van der Waals surface area contributed by atoms with Crippen molar-refractivity contribution in [3.63, 3.8) is 0 Å². The lowest BCUT2D eigenvalue weighted by Gasteiger charge is -2.09. The van der Waals surface area contributed by atoms with Crippen LogP contribution in [-0.2, 0) is 10.0 Å². The molecule has 8 heteroatoms. The first-order valence-electron chi connectivity index (χ1n) is 8.71. The number of anilines is 1. The summed E-state index contributed by atoms with van der Waals surface area (Å²) in [5, 5.41) is 14.7. The molecule has 3 aromatic carbocycles. The number of nitrogen functional groups attached to an aromatic ring is 1. The molecule has 4 N–H and O–H groups in total. The number of aromatic nitrogens is 1. The van der Waals surface area contributed by atoms with Crippen molar-refractivity contribution in [3.05, 3.63) is 79.0 Å². The molecule has 0 amide bonds. The number of hydrogen-bond acceptors (Lipinski definition) is 6. The van der Waals surface area contributed by atoms with Gasteiger partial charge in [-0.1, -0.05) is 54.6 Å². The smallest absolute Gasteiger partial charge is 0.238 e. The molecule has 4 rings (SSSR count). The summed E-state index contributed by atoms with van der Waals surface area (Å²) >= 11 is 0. The normalized spacial score (nSPS) is 11.9. The molecule has 1 heterocycles. The summed E-state index contributed by atoms with van der Waals surface area (Å²) in [6.45, 7) is 0. The van der Waals surface area contributed by atoms with Crippen molar-refractivity contribution in [1.82, 2.24) is 4.98 Å². The number of fused-ring (bicyclic) bond motifs is 1. The minimum atomic E-state index is -3.96. The Kier molecular flexibility index (Phi) is 4.79. The highest BCUT2D eigenvalue weighted by molar-refractivity contribution is 7.89. The fraction of sp³-hybridized carbons (Fsp3) is 0. The van der Waals surface area contributed by atoms with Crippen LogP contribution in [0.15, 0.2) is 94.1 Å². The molecular weight excluding hydrogens is 386 g/mol. The molecular formula is C21H17N5O2S. The zero-order chi connectivity index (χ0) is 20.4. The Bertz CT molecular complexity index is 1320. The Morgan fingerprint density at radius 3 is 2.17 bits per heavy atom. The third-order valence-corrected chi connectivity index (χ3v) is 5.37. The highest BCUT2D eigenvalue weighted by atomic mass is 32.2. The van der Waals surface area contributed by atoms with Crippen LogP contribution in [0.25, 0.3) is 22.0 Å². The second-order valence-electron chi connectivity index (χ2n) is 6.37. The summed E-state index contributed by atoms with van der Waals surface area (Å²) in [6.07, 6.45) is 1.59. The van der Waals surface area contributed by atoms with E-state index >= 15 is 0 Å². The molecule has 0 aliphatic rings. The lowest BCUT2D eigenvalue weighted by Crippen LogP contribution is -2.13. The SMILES string of the molecule is Nc1c(/N=N/c2ccc(-c3ccccc3)nc2)cc(S(N)(=O)=O)c2ccccc12. The molecule has 0 atom stereocenters. The number of hydrogen-bond donors (Lipinski definition) is 2. The van der Waals surface area contributed by atoms with E-state index < -0.39 is 10.0 Å². The van der Waals surface area contributed by atoms with E-state index in [0.717, 1.165) is 11.3 Å². The number of primary sulfonamides is 1. The fourth-order valence-corrected chi connectivity index (χ4v) is 3.77. The second-order valence-corrected chi connectivity index (χ2v) is 7.90. The van der Waals surface area contributed by atoms with Crippen molar-refractivity contribution >= 4 is 37.9 Å². The summed E-state index contributed by atoms with van der Waals surface area (Å²) in [7, 11) is -3.96. The van der Waals surface area contributed by atoms with Gasteiger partial charge in [-0.05, 0) is 18.2 Å². The number of nitrogens with zero attached hydrogens (tertiary/aromatic N) is 3. The molecule has 144 valence electrons. The second kappa shape index (κ2) is 7.42. The first-order chi connectivity index (χ1) is 13.9. The van der Waals surface area contributed by atoms with Crippen LogP contribution in [0.2, 0.25) is 0 Å². The number of azo groups is 1. The average Bonchev–Trinajstić information content (AvgIpc) is 2.73. The Labute approximate surface area is 167 Å². The highest BCUT2D eigenvalue weighted by Crippen LogP contribution is 2.36. The van der Waals surface area contributed by atoms with Gasteiger partial charge in [0, 0.05) is 16.3 Å². The zero-order valence-corrected chi connectivity index (χ0v) is 16.0. The van der Waals surface area contributed by atoms with Crippen molar-refractivity contribution in [2.45, 2.75) is 4.90 Å². The molecule has 1 aromatic heterocycles. The number of benzene rings is 3. The van der Waals surface area contributed by atoms with E-state index in [1.165, 1.54) is 6.07 Å². The maximum atomic E-state index is 12.0. The van der Waals surface area contributed by atoms with Crippen molar-refractivity contribution in [2.75, 3.05) is 5.73 Å². The van der Waals surface area contributed by atoms with Gasteiger partial charge in [0.2, 0.25) is 10.0 Å². The monoisotopic (exact) mass is 403 g/mol. The van der Waals surface area contributed by atoms with Gasteiger partial charge in [-0.2, -0.15) is 0 Å². The molecule has 0 radical (unpaired) electrons. The standard InChI is InChI=1S/C21H17N5O2S/c22-21-17-9-5-4-8-16(17)20(29(23,27)28)12-19(21)26-25-15-10-11-18(24-13-15)14-6-2-1-3-7-14/h1-13H,22H2,(H2,23,27,28)/b26-25+. The van der Waals surface area contributed by atoms with Crippen LogP contribution in [0, 0.1) is 0 Å². The first kappa shape index (κ1) is 18.7. The van der Waals surface area contributed by atoms with Crippen molar-refractivity contribution in [2.24, 2.45) is 15.4 Å². The molecule has 0 unspecified atom stereocenters. The fourth-order valence-electron chi connectivity index (χ4n) is 3.01. The summed E-state index contributed by atoms with van der Waals surface area (Å²) in [4.78, 5) is 4.34. The van der Waals surface area contributed by atoms with Gasteiger partial charge in [-0.3, -0.25) is 4.98 Å². The number of nitrogens with two attached hydrogens (primary N) is 2. The number of rotatable bonds is 4.